The number of hydrogen-bond acceptors (Lipinski definition) is 3. The lowest BCUT2D eigenvalue weighted by molar-refractivity contribution is 0.822. The van der Waals surface area contributed by atoms with E-state index >= 15 is 0 Å². The summed E-state index contributed by atoms with van der Waals surface area (Å²) in [5, 5.41) is 8.56. The van der Waals surface area contributed by atoms with Gasteiger partial charge < -0.3 is 0 Å². The molecular formula is C31H50N4. The van der Waals surface area contributed by atoms with Gasteiger partial charge in [0, 0.05) is 25.4 Å². The van der Waals surface area contributed by atoms with Gasteiger partial charge in [0.2, 0.25) is 0 Å². The lowest BCUT2D eigenvalue weighted by atomic mass is 9.93. The van der Waals surface area contributed by atoms with E-state index in [0.717, 1.165) is 42.9 Å². The molecule has 35 heavy (non-hydrogen) atoms. The Morgan fingerprint density at radius 1 is 0.914 bits per heavy atom. The second-order valence-corrected chi connectivity index (χ2v) is 7.92. The van der Waals surface area contributed by atoms with Gasteiger partial charge in [0.15, 0.2) is 5.65 Å². The second-order valence-electron chi connectivity index (χ2n) is 7.92. The molecule has 0 atom stereocenters. The first-order valence-electron chi connectivity index (χ1n) is 13.5. The summed E-state index contributed by atoms with van der Waals surface area (Å²) in [5.74, 6) is 0.998. The predicted molar refractivity (Wildman–Crippen MR) is 157 cm³/mol. The topological polar surface area (TPSA) is 42.5 Å². The number of aromatic nitrogens is 3. The molecule has 0 aliphatic heterocycles. The maximum absolute atomic E-state index is 4.40. The molecule has 0 fully saturated rings. The van der Waals surface area contributed by atoms with Crippen LogP contribution in [0.15, 0.2) is 52.7 Å². The Morgan fingerprint density at radius 2 is 1.57 bits per heavy atom. The van der Waals surface area contributed by atoms with Gasteiger partial charge in [-0.1, -0.05) is 77.8 Å². The highest BCUT2D eigenvalue weighted by Gasteiger charge is 2.11. The van der Waals surface area contributed by atoms with Gasteiger partial charge in [-0.15, -0.1) is 10.2 Å². The van der Waals surface area contributed by atoms with Crippen molar-refractivity contribution in [3.05, 3.63) is 64.6 Å². The van der Waals surface area contributed by atoms with Gasteiger partial charge in [0.05, 0.1) is 0 Å². The third kappa shape index (κ3) is 9.08. The highest BCUT2D eigenvalue weighted by molar-refractivity contribution is 5.98. The fourth-order valence-electron chi connectivity index (χ4n) is 3.93. The molecule has 2 aromatic heterocycles. The number of benzene rings is 1. The number of hydrogen-bond donors (Lipinski definition) is 0. The summed E-state index contributed by atoms with van der Waals surface area (Å²) in [5.41, 5.74) is 10.0. The van der Waals surface area contributed by atoms with E-state index in [4.69, 9.17) is 0 Å². The Morgan fingerprint density at radius 3 is 2.14 bits per heavy atom. The van der Waals surface area contributed by atoms with E-state index in [1.165, 1.54) is 33.4 Å². The Labute approximate surface area is 215 Å². The van der Waals surface area contributed by atoms with Crippen molar-refractivity contribution in [2.24, 2.45) is 4.99 Å². The molecule has 2 heterocycles. The van der Waals surface area contributed by atoms with Crippen LogP contribution in [-0.4, -0.2) is 27.4 Å². The molecular weight excluding hydrogens is 428 g/mol. The van der Waals surface area contributed by atoms with Crippen LogP contribution in [0, 0.1) is 6.92 Å². The van der Waals surface area contributed by atoms with Gasteiger partial charge >= 0.3 is 0 Å². The van der Waals surface area contributed by atoms with E-state index in [1.807, 2.05) is 48.6 Å². The number of nitrogens with zero attached hydrogens (tertiary/aromatic N) is 4. The SMILES string of the molecule is CC.CC.CC.CCc1nnc2ccc(-c3ccc(C)cc3CCCC(C(C)=NC)=C(C)C)cn12. The van der Waals surface area contributed by atoms with Gasteiger partial charge in [0.1, 0.15) is 5.82 Å². The van der Waals surface area contributed by atoms with Crippen molar-refractivity contribution in [1.29, 1.82) is 0 Å². The summed E-state index contributed by atoms with van der Waals surface area (Å²) in [7, 11) is 1.88. The Hall–Kier alpha value is -2.75. The smallest absolute Gasteiger partial charge is 0.160 e. The molecule has 0 saturated heterocycles. The summed E-state index contributed by atoms with van der Waals surface area (Å²) < 4.78 is 2.11. The maximum atomic E-state index is 4.40. The van der Waals surface area contributed by atoms with Crippen molar-refractivity contribution in [1.82, 2.24) is 14.6 Å². The van der Waals surface area contributed by atoms with Crippen LogP contribution in [0.2, 0.25) is 0 Å². The molecule has 1 aromatic carbocycles. The van der Waals surface area contributed by atoms with Gasteiger partial charge in [-0.05, 0) is 81.4 Å². The Kier molecular flexibility index (Phi) is 16.3. The summed E-state index contributed by atoms with van der Waals surface area (Å²) in [6, 6.07) is 11.0. The molecule has 3 rings (SSSR count). The summed E-state index contributed by atoms with van der Waals surface area (Å²) >= 11 is 0. The van der Waals surface area contributed by atoms with Crippen LogP contribution in [-0.2, 0) is 12.8 Å². The average Bonchev–Trinajstić information content (AvgIpc) is 3.32. The van der Waals surface area contributed by atoms with Crippen LogP contribution in [0.25, 0.3) is 16.8 Å². The fourth-order valence-corrected chi connectivity index (χ4v) is 3.93. The van der Waals surface area contributed by atoms with Crippen molar-refractivity contribution in [3.8, 4) is 11.1 Å². The van der Waals surface area contributed by atoms with Crippen LogP contribution in [0.5, 0.6) is 0 Å². The molecule has 0 aliphatic carbocycles. The second kappa shape index (κ2) is 17.7. The number of rotatable bonds is 7. The van der Waals surface area contributed by atoms with E-state index in [9.17, 15) is 0 Å². The quantitative estimate of drug-likeness (QED) is 0.318. The lowest BCUT2D eigenvalue weighted by Gasteiger charge is -2.14. The summed E-state index contributed by atoms with van der Waals surface area (Å²) in [6.45, 7) is 22.8. The van der Waals surface area contributed by atoms with E-state index in [2.05, 4.69) is 90.7 Å². The van der Waals surface area contributed by atoms with E-state index in [0.29, 0.717) is 0 Å². The molecule has 0 aliphatic rings. The zero-order chi connectivity index (χ0) is 27.0. The Bertz CT molecular complexity index is 1070. The summed E-state index contributed by atoms with van der Waals surface area (Å²) in [4.78, 5) is 4.40. The molecule has 0 N–H and O–H groups in total. The van der Waals surface area contributed by atoms with Crippen molar-refractivity contribution < 1.29 is 0 Å². The van der Waals surface area contributed by atoms with Crippen molar-refractivity contribution in [2.45, 2.75) is 102 Å². The first-order valence-corrected chi connectivity index (χ1v) is 13.5. The monoisotopic (exact) mass is 478 g/mol. The third-order valence-electron chi connectivity index (χ3n) is 5.61. The van der Waals surface area contributed by atoms with Crippen molar-refractivity contribution in [2.75, 3.05) is 7.05 Å². The molecule has 4 heteroatoms. The van der Waals surface area contributed by atoms with Gasteiger partial charge in [-0.3, -0.25) is 9.39 Å². The Balaban J connectivity index is 0.00000179. The van der Waals surface area contributed by atoms with Gasteiger partial charge in [-0.25, -0.2) is 0 Å². The van der Waals surface area contributed by atoms with Gasteiger partial charge in [-0.2, -0.15) is 0 Å². The number of fused-ring (bicyclic) bond motifs is 1. The van der Waals surface area contributed by atoms with Crippen LogP contribution >= 0.6 is 0 Å². The average molecular weight is 479 g/mol. The zero-order valence-electron chi connectivity index (χ0n) is 24.6. The van der Waals surface area contributed by atoms with E-state index in [-0.39, 0.29) is 0 Å². The first kappa shape index (κ1) is 32.2. The van der Waals surface area contributed by atoms with E-state index in [1.54, 1.807) is 0 Å². The van der Waals surface area contributed by atoms with Crippen molar-refractivity contribution in [3.63, 3.8) is 0 Å². The summed E-state index contributed by atoms with van der Waals surface area (Å²) in [6.07, 6.45) is 6.26. The lowest BCUT2D eigenvalue weighted by Crippen LogP contribution is -2.02. The molecule has 0 bridgehead atoms. The normalized spacial score (nSPS) is 10.3. The molecule has 0 saturated carbocycles. The third-order valence-corrected chi connectivity index (χ3v) is 5.61. The molecule has 0 unspecified atom stereocenters. The molecule has 0 radical (unpaired) electrons. The van der Waals surface area contributed by atoms with Gasteiger partial charge in [0.25, 0.3) is 0 Å². The molecule has 3 aromatic rings. The number of aliphatic imine (C=N–C) groups is 1. The van der Waals surface area contributed by atoms with Crippen LogP contribution in [0.4, 0.5) is 0 Å². The van der Waals surface area contributed by atoms with Crippen LogP contribution in [0.3, 0.4) is 0 Å². The molecule has 0 spiro atoms. The number of pyridine rings is 1. The number of allylic oxidation sites excluding steroid dienone is 2. The zero-order valence-corrected chi connectivity index (χ0v) is 24.6. The minimum atomic E-state index is 0.870. The minimum Gasteiger partial charge on any atom is -0.293 e. The van der Waals surface area contributed by atoms with E-state index < -0.39 is 0 Å². The fraction of sp³-hybridized carbons (Fsp3) is 0.516. The largest absolute Gasteiger partial charge is 0.293 e. The predicted octanol–water partition coefficient (Wildman–Crippen LogP) is 9.10. The maximum Gasteiger partial charge on any atom is 0.160 e. The highest BCUT2D eigenvalue weighted by Crippen LogP contribution is 2.28. The standard InChI is InChI=1S/C25H32N4.3C2H6/c1-7-24-27-28-25-14-12-21(16-29(24)25)23-13-11-18(4)15-20(23)9-8-10-22(17(2)3)19(5)26-6;3*1-2/h11-16H,7-10H2,1-6H3;3*1-2H3. The highest BCUT2D eigenvalue weighted by atomic mass is 15.2. The molecule has 194 valence electrons. The van der Waals surface area contributed by atoms with Crippen LogP contribution < -0.4 is 0 Å². The molecule has 0 amide bonds. The number of aryl methyl sites for hydroxylation is 3. The van der Waals surface area contributed by atoms with Crippen LogP contribution in [0.1, 0.15) is 99.0 Å². The minimum absolute atomic E-state index is 0.870. The molecule has 4 nitrogen and oxygen atoms in total. The van der Waals surface area contributed by atoms with Crippen molar-refractivity contribution >= 4 is 11.4 Å². The first-order chi connectivity index (χ1) is 16.9.